The van der Waals surface area contributed by atoms with E-state index in [-0.39, 0.29) is 78.8 Å². The lowest BCUT2D eigenvalue weighted by Gasteiger charge is -2.41. The minimum Gasteiger partial charge on any atom is -0.481 e. The number of rotatable bonds is 22. The third-order valence-electron chi connectivity index (χ3n) is 11.5. The molecule has 51 heavy (non-hydrogen) atoms. The molecule has 10 heteroatoms. The molecule has 0 bridgehead atoms. The van der Waals surface area contributed by atoms with Crippen molar-refractivity contribution in [2.75, 3.05) is 27.8 Å². The van der Waals surface area contributed by atoms with Crippen molar-refractivity contribution in [3.8, 4) is 0 Å². The Labute approximate surface area is 307 Å². The van der Waals surface area contributed by atoms with Crippen molar-refractivity contribution >= 4 is 29.4 Å². The van der Waals surface area contributed by atoms with Crippen molar-refractivity contribution in [2.24, 2.45) is 41.4 Å². The third kappa shape index (κ3) is 12.0. The molecule has 0 aliphatic carbocycles. The SMILES string of the molecule is CC[C@H](C)[C@@H]([C@@H](CC(=O)N1CCC[C@H]1[C@H](OC)[C@@H](C)C(=O)C[C@@H](Cc1ccccc1)C(=O)O)OC)N(C)C(=O)[C@@H](CC(=O)[C@@H](C)C(C)C)C(C)C. The number of hydrogen-bond acceptors (Lipinski definition) is 7. The summed E-state index contributed by atoms with van der Waals surface area (Å²) in [5.41, 5.74) is 0.853. The predicted molar refractivity (Wildman–Crippen MR) is 199 cm³/mol. The van der Waals surface area contributed by atoms with Crippen LogP contribution in [0.3, 0.4) is 0 Å². The summed E-state index contributed by atoms with van der Waals surface area (Å²) in [5, 5.41) is 9.92. The molecular formula is C41H66N2O8. The van der Waals surface area contributed by atoms with E-state index in [9.17, 15) is 29.1 Å². The van der Waals surface area contributed by atoms with Gasteiger partial charge in [-0.2, -0.15) is 0 Å². The fourth-order valence-electron chi connectivity index (χ4n) is 7.56. The van der Waals surface area contributed by atoms with E-state index < -0.39 is 42.0 Å². The van der Waals surface area contributed by atoms with Crippen LogP contribution in [0.1, 0.15) is 99.5 Å². The summed E-state index contributed by atoms with van der Waals surface area (Å²) in [7, 11) is 4.85. The van der Waals surface area contributed by atoms with E-state index in [2.05, 4.69) is 6.92 Å². The van der Waals surface area contributed by atoms with E-state index in [1.54, 1.807) is 30.9 Å². The van der Waals surface area contributed by atoms with Gasteiger partial charge < -0.3 is 24.4 Å². The highest BCUT2D eigenvalue weighted by atomic mass is 16.5. The van der Waals surface area contributed by atoms with E-state index in [0.717, 1.165) is 18.4 Å². The first kappa shape index (κ1) is 44.1. The number of methoxy groups -OCH3 is 2. The third-order valence-corrected chi connectivity index (χ3v) is 11.5. The van der Waals surface area contributed by atoms with Gasteiger partial charge in [0, 0.05) is 58.4 Å². The zero-order chi connectivity index (χ0) is 38.6. The summed E-state index contributed by atoms with van der Waals surface area (Å²) < 4.78 is 11.9. The Morgan fingerprint density at radius 2 is 1.47 bits per heavy atom. The zero-order valence-corrected chi connectivity index (χ0v) is 33.1. The lowest BCUT2D eigenvalue weighted by molar-refractivity contribution is -0.149. The number of likely N-dealkylation sites (tertiary alicyclic amines) is 1. The molecule has 0 unspecified atom stereocenters. The lowest BCUT2D eigenvalue weighted by atomic mass is 9.82. The number of carbonyl (C=O) groups is 5. The second-order valence-electron chi connectivity index (χ2n) is 15.5. The maximum absolute atomic E-state index is 14.1. The Kier molecular flexibility index (Phi) is 18.0. The molecule has 0 spiro atoms. The molecule has 1 fully saturated rings. The number of ketones is 2. The maximum atomic E-state index is 14.1. The van der Waals surface area contributed by atoms with E-state index >= 15 is 0 Å². The van der Waals surface area contributed by atoms with Gasteiger partial charge in [-0.15, -0.1) is 0 Å². The van der Waals surface area contributed by atoms with Crippen LogP contribution >= 0.6 is 0 Å². The van der Waals surface area contributed by atoms with Crippen molar-refractivity contribution < 1.29 is 38.6 Å². The molecule has 1 saturated heterocycles. The molecule has 0 saturated carbocycles. The second kappa shape index (κ2) is 20.8. The van der Waals surface area contributed by atoms with Gasteiger partial charge in [-0.3, -0.25) is 24.0 Å². The van der Waals surface area contributed by atoms with Crippen molar-refractivity contribution in [3.63, 3.8) is 0 Å². The maximum Gasteiger partial charge on any atom is 0.307 e. The van der Waals surface area contributed by atoms with Gasteiger partial charge in [0.2, 0.25) is 11.8 Å². The summed E-state index contributed by atoms with van der Waals surface area (Å²) in [6.07, 6.45) is 1.27. The van der Waals surface area contributed by atoms with Crippen LogP contribution in [0.4, 0.5) is 0 Å². The Bertz CT molecular complexity index is 1280. The van der Waals surface area contributed by atoms with Gasteiger partial charge in [0.25, 0.3) is 0 Å². The first-order valence-electron chi connectivity index (χ1n) is 18.9. The highest BCUT2D eigenvalue weighted by Gasteiger charge is 2.43. The largest absolute Gasteiger partial charge is 0.481 e. The van der Waals surface area contributed by atoms with Crippen LogP contribution in [-0.2, 0) is 39.9 Å². The first-order valence-corrected chi connectivity index (χ1v) is 18.9. The van der Waals surface area contributed by atoms with Gasteiger partial charge in [0.05, 0.1) is 36.6 Å². The summed E-state index contributed by atoms with van der Waals surface area (Å²) in [6, 6.07) is 8.50. The van der Waals surface area contributed by atoms with Crippen LogP contribution in [0.2, 0.25) is 0 Å². The summed E-state index contributed by atoms with van der Waals surface area (Å²) in [4.78, 5) is 70.5. The molecular weight excluding hydrogens is 648 g/mol. The summed E-state index contributed by atoms with van der Waals surface area (Å²) >= 11 is 0. The van der Waals surface area contributed by atoms with Crippen LogP contribution < -0.4 is 0 Å². The van der Waals surface area contributed by atoms with Gasteiger partial charge in [0.1, 0.15) is 11.6 Å². The van der Waals surface area contributed by atoms with E-state index in [1.807, 2.05) is 71.9 Å². The number of likely N-dealkylation sites (N-methyl/N-ethyl adjacent to an activating group) is 1. The molecule has 9 atom stereocenters. The van der Waals surface area contributed by atoms with Crippen LogP contribution in [-0.4, -0.2) is 96.4 Å². The number of ether oxygens (including phenoxy) is 2. The molecule has 1 aromatic carbocycles. The standard InChI is InChI=1S/C41H66N2O8/c1-12-27(6)38(42(9)40(47)32(26(4)5)23-35(45)28(7)25(2)3)36(50-10)24-37(46)43-20-16-19-33(43)39(51-11)29(8)34(44)22-31(41(48)49)21-30-17-14-13-15-18-30/h13-15,17-18,25-29,31-33,36,38-39H,12,16,19-24H2,1-11H3,(H,48,49)/t27-,28-,29-,31+,32-,33-,36+,38-,39+/m0/s1. The molecule has 0 radical (unpaired) electrons. The number of aliphatic carboxylic acids is 1. The molecule has 1 aliphatic rings. The minimum atomic E-state index is -1.02. The Morgan fingerprint density at radius 1 is 0.863 bits per heavy atom. The van der Waals surface area contributed by atoms with Gasteiger partial charge in [-0.05, 0) is 42.6 Å². The van der Waals surface area contributed by atoms with Crippen LogP contribution in [0.15, 0.2) is 30.3 Å². The first-order chi connectivity index (χ1) is 24.0. The van der Waals surface area contributed by atoms with E-state index in [1.165, 1.54) is 7.11 Å². The average Bonchev–Trinajstić information content (AvgIpc) is 3.59. The number of carbonyl (C=O) groups excluding carboxylic acids is 4. The van der Waals surface area contributed by atoms with Crippen molar-refractivity contribution in [1.29, 1.82) is 0 Å². The van der Waals surface area contributed by atoms with Crippen LogP contribution in [0, 0.1) is 41.4 Å². The highest BCUT2D eigenvalue weighted by molar-refractivity contribution is 5.88. The van der Waals surface area contributed by atoms with E-state index in [0.29, 0.717) is 13.0 Å². The number of Topliss-reactive ketones (excluding diaryl/α,β-unsaturated/α-hetero) is 2. The smallest absolute Gasteiger partial charge is 0.307 e. The number of amides is 2. The predicted octanol–water partition coefficient (Wildman–Crippen LogP) is 6.33. The normalized spacial score (nSPS) is 19.5. The molecule has 10 nitrogen and oxygen atoms in total. The fourth-order valence-corrected chi connectivity index (χ4v) is 7.56. The molecule has 1 aliphatic heterocycles. The number of hydrogen-bond donors (Lipinski definition) is 1. The zero-order valence-electron chi connectivity index (χ0n) is 33.1. The van der Waals surface area contributed by atoms with Gasteiger partial charge in [-0.25, -0.2) is 0 Å². The molecule has 2 amide bonds. The van der Waals surface area contributed by atoms with Crippen LogP contribution in [0.5, 0.6) is 0 Å². The van der Waals surface area contributed by atoms with Crippen molar-refractivity contribution in [3.05, 3.63) is 35.9 Å². The number of nitrogens with zero attached hydrogens (tertiary/aromatic N) is 2. The number of carboxylic acid groups (broad SMARTS) is 1. The Balaban J connectivity index is 2.25. The molecule has 0 aromatic heterocycles. The molecule has 1 aromatic rings. The lowest BCUT2D eigenvalue weighted by Crippen LogP contribution is -2.54. The average molecular weight is 715 g/mol. The van der Waals surface area contributed by atoms with Gasteiger partial charge >= 0.3 is 5.97 Å². The van der Waals surface area contributed by atoms with Crippen molar-refractivity contribution in [1.82, 2.24) is 9.80 Å². The van der Waals surface area contributed by atoms with Crippen LogP contribution in [0.25, 0.3) is 0 Å². The highest BCUT2D eigenvalue weighted by Crippen LogP contribution is 2.32. The second-order valence-corrected chi connectivity index (χ2v) is 15.5. The summed E-state index contributed by atoms with van der Waals surface area (Å²) in [5.74, 6) is -3.40. The molecule has 1 heterocycles. The molecule has 2 rings (SSSR count). The molecule has 288 valence electrons. The number of carboxylic acids is 1. The van der Waals surface area contributed by atoms with Crippen molar-refractivity contribution in [2.45, 2.75) is 125 Å². The summed E-state index contributed by atoms with van der Waals surface area (Å²) in [6.45, 7) is 16.2. The monoisotopic (exact) mass is 714 g/mol. The Hall–Kier alpha value is -3.11. The van der Waals surface area contributed by atoms with Gasteiger partial charge in [-0.1, -0.05) is 92.1 Å². The Morgan fingerprint density at radius 3 is 1.98 bits per heavy atom. The topological polar surface area (TPSA) is 131 Å². The minimum absolute atomic E-state index is 0.00612. The quantitative estimate of drug-likeness (QED) is 0.148. The van der Waals surface area contributed by atoms with E-state index in [4.69, 9.17) is 9.47 Å². The molecule has 1 N–H and O–H groups in total. The number of benzene rings is 1. The fraction of sp³-hybridized carbons (Fsp3) is 0.732. The van der Waals surface area contributed by atoms with Gasteiger partial charge in [0.15, 0.2) is 0 Å².